The third kappa shape index (κ3) is 1.98. The van der Waals surface area contributed by atoms with Gasteiger partial charge < -0.3 is 10.2 Å². The highest BCUT2D eigenvalue weighted by Gasteiger charge is 2.29. The second-order valence-corrected chi connectivity index (χ2v) is 5.93. The summed E-state index contributed by atoms with van der Waals surface area (Å²) in [4.78, 5) is 13.3. The fourth-order valence-electron chi connectivity index (χ4n) is 2.76. The highest BCUT2D eigenvalue weighted by atomic mass is 32.1. The molecule has 1 aromatic heterocycles. The largest absolute Gasteiger partial charge is 0.414 e. The average molecular weight is 264 g/mol. The van der Waals surface area contributed by atoms with Gasteiger partial charge in [-0.05, 0) is 43.6 Å². The zero-order valence-electron chi connectivity index (χ0n) is 10.3. The molecule has 0 aliphatic carbocycles. The Balaban J connectivity index is 1.96. The predicted octanol–water partition coefficient (Wildman–Crippen LogP) is 1.81. The topological polar surface area (TPSA) is 59.5 Å². The number of hydrogen-bond acceptors (Lipinski definition) is 5. The van der Waals surface area contributed by atoms with E-state index in [1.807, 2.05) is 12.1 Å². The van der Waals surface area contributed by atoms with Crippen LogP contribution in [0.5, 0.6) is 0 Å². The standard InChI is InChI=1S/C13H16N2O2S/c1-15-7-8(6-14)4-10(15)9-2-3-12-11(5-9)17-13(16)18-12/h2-3,5,8,10H,4,6-7,14H2,1H3. The van der Waals surface area contributed by atoms with Gasteiger partial charge in [0.05, 0.1) is 4.70 Å². The van der Waals surface area contributed by atoms with Crippen molar-refractivity contribution in [1.29, 1.82) is 0 Å². The minimum Gasteiger partial charge on any atom is -0.414 e. The lowest BCUT2D eigenvalue weighted by molar-refractivity contribution is 0.313. The molecule has 2 unspecified atom stereocenters. The summed E-state index contributed by atoms with van der Waals surface area (Å²) in [7, 11) is 2.12. The number of benzene rings is 1. The summed E-state index contributed by atoms with van der Waals surface area (Å²) in [5, 5.41) is 0. The van der Waals surface area contributed by atoms with Crippen LogP contribution >= 0.6 is 11.3 Å². The first kappa shape index (κ1) is 11.9. The van der Waals surface area contributed by atoms with Crippen LogP contribution < -0.4 is 10.7 Å². The Hall–Kier alpha value is -1.17. The molecule has 3 rings (SSSR count). The molecule has 18 heavy (non-hydrogen) atoms. The van der Waals surface area contributed by atoms with Crippen molar-refractivity contribution in [3.8, 4) is 0 Å². The van der Waals surface area contributed by atoms with E-state index in [4.69, 9.17) is 10.2 Å². The maximum absolute atomic E-state index is 11.2. The van der Waals surface area contributed by atoms with E-state index in [2.05, 4.69) is 18.0 Å². The Morgan fingerprint density at radius 2 is 2.39 bits per heavy atom. The number of fused-ring (bicyclic) bond motifs is 1. The quantitative estimate of drug-likeness (QED) is 0.898. The molecular weight excluding hydrogens is 248 g/mol. The van der Waals surface area contributed by atoms with Gasteiger partial charge in [-0.15, -0.1) is 0 Å². The van der Waals surface area contributed by atoms with Gasteiger partial charge in [-0.25, -0.2) is 4.79 Å². The molecule has 0 saturated carbocycles. The SMILES string of the molecule is CN1CC(CN)CC1c1ccc2sc(=O)oc2c1. The van der Waals surface area contributed by atoms with Gasteiger partial charge >= 0.3 is 4.94 Å². The summed E-state index contributed by atoms with van der Waals surface area (Å²) in [5.41, 5.74) is 7.66. The second-order valence-electron chi connectivity index (χ2n) is 4.95. The summed E-state index contributed by atoms with van der Waals surface area (Å²) < 4.78 is 6.09. The van der Waals surface area contributed by atoms with E-state index in [9.17, 15) is 4.79 Å². The molecule has 1 saturated heterocycles. The molecule has 0 amide bonds. The number of nitrogens with zero attached hydrogens (tertiary/aromatic N) is 1. The number of hydrogen-bond donors (Lipinski definition) is 1. The molecule has 1 aliphatic heterocycles. The van der Waals surface area contributed by atoms with Crippen LogP contribution in [0.25, 0.3) is 10.3 Å². The van der Waals surface area contributed by atoms with Crippen molar-refractivity contribution >= 4 is 21.6 Å². The molecule has 0 bridgehead atoms. The van der Waals surface area contributed by atoms with Crippen LogP contribution in [0.1, 0.15) is 18.0 Å². The fourth-order valence-corrected chi connectivity index (χ4v) is 3.41. The Morgan fingerprint density at radius 1 is 1.56 bits per heavy atom. The van der Waals surface area contributed by atoms with Crippen LogP contribution in [0, 0.1) is 5.92 Å². The van der Waals surface area contributed by atoms with Gasteiger partial charge in [0.25, 0.3) is 0 Å². The molecule has 2 N–H and O–H groups in total. The first-order valence-corrected chi connectivity index (χ1v) is 6.93. The Kier molecular flexibility index (Phi) is 2.97. The minimum absolute atomic E-state index is 0.234. The van der Waals surface area contributed by atoms with Gasteiger partial charge in [0.15, 0.2) is 0 Å². The van der Waals surface area contributed by atoms with E-state index in [0.29, 0.717) is 17.5 Å². The molecule has 0 spiro atoms. The molecule has 1 aliphatic rings. The molecule has 2 heterocycles. The highest BCUT2D eigenvalue weighted by Crippen LogP contribution is 2.35. The fraction of sp³-hybridized carbons (Fsp3) is 0.462. The van der Waals surface area contributed by atoms with Crippen LogP contribution in [0.3, 0.4) is 0 Å². The van der Waals surface area contributed by atoms with Crippen molar-refractivity contribution in [2.45, 2.75) is 12.5 Å². The monoisotopic (exact) mass is 264 g/mol. The second kappa shape index (κ2) is 4.50. The third-order valence-electron chi connectivity index (χ3n) is 3.71. The molecule has 96 valence electrons. The van der Waals surface area contributed by atoms with E-state index in [1.165, 1.54) is 5.56 Å². The first-order valence-electron chi connectivity index (χ1n) is 6.11. The lowest BCUT2D eigenvalue weighted by Crippen LogP contribution is -2.20. The van der Waals surface area contributed by atoms with E-state index in [-0.39, 0.29) is 4.94 Å². The van der Waals surface area contributed by atoms with Crippen molar-refractivity contribution < 1.29 is 4.42 Å². The molecule has 4 nitrogen and oxygen atoms in total. The number of rotatable bonds is 2. The van der Waals surface area contributed by atoms with E-state index in [0.717, 1.165) is 35.5 Å². The molecule has 5 heteroatoms. The van der Waals surface area contributed by atoms with Crippen molar-refractivity contribution in [3.63, 3.8) is 0 Å². The first-order chi connectivity index (χ1) is 8.67. The lowest BCUT2D eigenvalue weighted by atomic mass is 10.00. The van der Waals surface area contributed by atoms with Gasteiger partial charge in [-0.1, -0.05) is 17.4 Å². The maximum Gasteiger partial charge on any atom is 0.396 e. The summed E-state index contributed by atoms with van der Waals surface area (Å²) in [6.45, 7) is 1.77. The van der Waals surface area contributed by atoms with Gasteiger partial charge in [0.1, 0.15) is 5.58 Å². The highest BCUT2D eigenvalue weighted by molar-refractivity contribution is 7.16. The number of likely N-dealkylation sites (tertiary alicyclic amines) is 1. The van der Waals surface area contributed by atoms with Crippen LogP contribution in [-0.2, 0) is 0 Å². The average Bonchev–Trinajstić information content (AvgIpc) is 2.89. The van der Waals surface area contributed by atoms with Crippen LogP contribution in [-0.4, -0.2) is 25.0 Å². The minimum atomic E-state index is -0.234. The summed E-state index contributed by atoms with van der Waals surface area (Å²) in [5.74, 6) is 0.560. The van der Waals surface area contributed by atoms with Gasteiger partial charge in [-0.2, -0.15) is 0 Å². The molecule has 2 atom stereocenters. The predicted molar refractivity (Wildman–Crippen MR) is 72.9 cm³/mol. The zero-order chi connectivity index (χ0) is 12.7. The van der Waals surface area contributed by atoms with Crippen LogP contribution in [0.4, 0.5) is 0 Å². The molecule has 1 fully saturated rings. The van der Waals surface area contributed by atoms with Crippen molar-refractivity contribution in [2.75, 3.05) is 20.1 Å². The Bertz CT molecular complexity index is 619. The van der Waals surface area contributed by atoms with E-state index < -0.39 is 0 Å². The van der Waals surface area contributed by atoms with Crippen LogP contribution in [0.2, 0.25) is 0 Å². The van der Waals surface area contributed by atoms with E-state index in [1.54, 1.807) is 0 Å². The molecule has 2 aromatic rings. The maximum atomic E-state index is 11.2. The Morgan fingerprint density at radius 3 is 3.11 bits per heavy atom. The molecular formula is C13H16N2O2S. The third-order valence-corrected chi connectivity index (χ3v) is 4.51. The summed E-state index contributed by atoms with van der Waals surface area (Å²) in [6, 6.07) is 6.44. The Labute approximate surface area is 109 Å². The zero-order valence-corrected chi connectivity index (χ0v) is 11.1. The molecule has 0 radical (unpaired) electrons. The lowest BCUT2D eigenvalue weighted by Gasteiger charge is -2.19. The van der Waals surface area contributed by atoms with Crippen molar-refractivity contribution in [1.82, 2.24) is 4.90 Å². The van der Waals surface area contributed by atoms with Crippen molar-refractivity contribution in [3.05, 3.63) is 33.5 Å². The number of nitrogens with two attached hydrogens (primary N) is 1. The normalized spacial score (nSPS) is 25.0. The smallest absolute Gasteiger partial charge is 0.396 e. The van der Waals surface area contributed by atoms with Gasteiger partial charge in [-0.3, -0.25) is 4.90 Å². The summed E-state index contributed by atoms with van der Waals surface area (Å²) in [6.07, 6.45) is 1.08. The van der Waals surface area contributed by atoms with Crippen molar-refractivity contribution in [2.24, 2.45) is 11.7 Å². The van der Waals surface area contributed by atoms with Crippen LogP contribution in [0.15, 0.2) is 27.4 Å². The molecule has 1 aromatic carbocycles. The van der Waals surface area contributed by atoms with Gasteiger partial charge in [0.2, 0.25) is 0 Å². The van der Waals surface area contributed by atoms with Gasteiger partial charge in [0, 0.05) is 12.6 Å². The van der Waals surface area contributed by atoms with E-state index >= 15 is 0 Å². The summed E-state index contributed by atoms with van der Waals surface area (Å²) >= 11 is 1.15.